The predicted octanol–water partition coefficient (Wildman–Crippen LogP) is 7.18. The lowest BCUT2D eigenvalue weighted by Crippen LogP contribution is -2.12. The third-order valence-corrected chi connectivity index (χ3v) is 5.12. The number of ether oxygens (including phenoxy) is 3. The minimum atomic E-state index is -0.315. The quantitative estimate of drug-likeness (QED) is 0.168. The SMILES string of the molecule is [CH2]C(CCCC)Oc1ccccc1-c1ccccc1OCCCCCCOC(=O)C(=C)C. The van der Waals surface area contributed by atoms with E-state index in [2.05, 4.69) is 32.6 Å². The maximum atomic E-state index is 11.4. The van der Waals surface area contributed by atoms with E-state index in [0.29, 0.717) is 18.8 Å². The fourth-order valence-electron chi connectivity index (χ4n) is 3.31. The van der Waals surface area contributed by atoms with Crippen molar-refractivity contribution in [3.05, 3.63) is 67.6 Å². The van der Waals surface area contributed by atoms with Gasteiger partial charge in [0.05, 0.1) is 19.3 Å². The highest BCUT2D eigenvalue weighted by atomic mass is 16.5. The smallest absolute Gasteiger partial charge is 0.333 e. The van der Waals surface area contributed by atoms with Crippen molar-refractivity contribution < 1.29 is 19.0 Å². The first kappa shape index (κ1) is 25.5. The summed E-state index contributed by atoms with van der Waals surface area (Å²) in [4.78, 5) is 11.4. The van der Waals surface area contributed by atoms with Crippen LogP contribution in [-0.4, -0.2) is 25.3 Å². The average molecular weight is 438 g/mol. The van der Waals surface area contributed by atoms with E-state index in [1.54, 1.807) is 6.92 Å². The van der Waals surface area contributed by atoms with Gasteiger partial charge in [0, 0.05) is 16.7 Å². The second-order valence-corrected chi connectivity index (χ2v) is 8.05. The zero-order chi connectivity index (χ0) is 23.2. The summed E-state index contributed by atoms with van der Waals surface area (Å²) in [5.41, 5.74) is 2.49. The Labute approximate surface area is 193 Å². The molecule has 4 heteroatoms. The minimum absolute atomic E-state index is 0.0705. The fraction of sp³-hybridized carbons (Fsp3) is 0.429. The van der Waals surface area contributed by atoms with Crippen LogP contribution in [0.3, 0.4) is 0 Å². The van der Waals surface area contributed by atoms with Crippen LogP contribution in [0.5, 0.6) is 11.5 Å². The zero-order valence-corrected chi connectivity index (χ0v) is 19.6. The molecule has 0 amide bonds. The van der Waals surface area contributed by atoms with Crippen molar-refractivity contribution in [2.75, 3.05) is 13.2 Å². The van der Waals surface area contributed by atoms with Crippen molar-refractivity contribution in [2.24, 2.45) is 0 Å². The lowest BCUT2D eigenvalue weighted by atomic mass is 10.0. The third kappa shape index (κ3) is 8.78. The molecule has 2 aromatic carbocycles. The van der Waals surface area contributed by atoms with Crippen LogP contribution in [0, 0.1) is 6.92 Å². The Balaban J connectivity index is 1.87. The molecule has 0 N–H and O–H groups in total. The van der Waals surface area contributed by atoms with Crippen LogP contribution in [0.2, 0.25) is 0 Å². The molecule has 1 atom stereocenters. The zero-order valence-electron chi connectivity index (χ0n) is 19.6. The first-order chi connectivity index (χ1) is 15.5. The molecule has 0 aliphatic carbocycles. The normalized spacial score (nSPS) is 11.6. The second-order valence-electron chi connectivity index (χ2n) is 8.05. The molecule has 1 radical (unpaired) electrons. The molecule has 1 unspecified atom stereocenters. The van der Waals surface area contributed by atoms with Gasteiger partial charge in [-0.2, -0.15) is 0 Å². The summed E-state index contributed by atoms with van der Waals surface area (Å²) in [5.74, 6) is 1.38. The van der Waals surface area contributed by atoms with Crippen molar-refractivity contribution in [1.29, 1.82) is 0 Å². The van der Waals surface area contributed by atoms with Crippen LogP contribution in [0.25, 0.3) is 11.1 Å². The Morgan fingerprint density at radius 2 is 1.47 bits per heavy atom. The molecule has 2 aromatic rings. The minimum Gasteiger partial charge on any atom is -0.493 e. The van der Waals surface area contributed by atoms with Gasteiger partial charge >= 0.3 is 5.97 Å². The number of benzene rings is 2. The molecule has 0 spiro atoms. The van der Waals surface area contributed by atoms with Gasteiger partial charge in [0.25, 0.3) is 0 Å². The molecule has 0 aromatic heterocycles. The van der Waals surface area contributed by atoms with Crippen molar-refractivity contribution in [1.82, 2.24) is 0 Å². The van der Waals surface area contributed by atoms with E-state index >= 15 is 0 Å². The first-order valence-corrected chi connectivity index (χ1v) is 11.7. The molecule has 0 aliphatic rings. The fourth-order valence-corrected chi connectivity index (χ4v) is 3.31. The van der Waals surface area contributed by atoms with Gasteiger partial charge in [0.2, 0.25) is 0 Å². The molecule has 0 heterocycles. The molecule has 0 fully saturated rings. The van der Waals surface area contributed by atoms with E-state index in [0.717, 1.165) is 67.6 Å². The van der Waals surface area contributed by atoms with Crippen molar-refractivity contribution in [3.63, 3.8) is 0 Å². The van der Waals surface area contributed by atoms with Gasteiger partial charge < -0.3 is 14.2 Å². The standard InChI is InChI=1S/C28H37O4/c1-5-6-15-23(4)32-27-19-12-10-17-25(27)24-16-9-11-18-26(24)30-20-13-7-8-14-21-31-28(29)22(2)3/h9-12,16-19,23H,2,4-8,13-15,20-21H2,1,3H3. The first-order valence-electron chi connectivity index (χ1n) is 11.7. The summed E-state index contributed by atoms with van der Waals surface area (Å²) in [6.07, 6.45) is 6.92. The van der Waals surface area contributed by atoms with Gasteiger partial charge in [-0.05, 0) is 58.1 Å². The maximum absolute atomic E-state index is 11.4. The van der Waals surface area contributed by atoms with E-state index in [1.807, 2.05) is 36.4 Å². The number of para-hydroxylation sites is 2. The summed E-state index contributed by atoms with van der Waals surface area (Å²) in [6.45, 7) is 12.6. The number of hydrogen-bond acceptors (Lipinski definition) is 4. The molecular formula is C28H37O4. The number of hydrogen-bond donors (Lipinski definition) is 0. The number of carbonyl (C=O) groups excluding carboxylic acids is 1. The highest BCUT2D eigenvalue weighted by Crippen LogP contribution is 2.37. The highest BCUT2D eigenvalue weighted by molar-refractivity contribution is 5.86. The largest absolute Gasteiger partial charge is 0.493 e. The maximum Gasteiger partial charge on any atom is 0.333 e. The number of carbonyl (C=O) groups is 1. The lowest BCUT2D eigenvalue weighted by molar-refractivity contribution is -0.139. The van der Waals surface area contributed by atoms with E-state index in [1.165, 1.54) is 0 Å². The Morgan fingerprint density at radius 1 is 0.875 bits per heavy atom. The van der Waals surface area contributed by atoms with Gasteiger partial charge in [-0.1, -0.05) is 62.7 Å². The molecule has 32 heavy (non-hydrogen) atoms. The van der Waals surface area contributed by atoms with Gasteiger partial charge in [0.1, 0.15) is 11.5 Å². The molecule has 173 valence electrons. The van der Waals surface area contributed by atoms with E-state index < -0.39 is 0 Å². The number of esters is 1. The molecule has 0 aliphatic heterocycles. The second kappa shape index (κ2) is 14.3. The monoisotopic (exact) mass is 437 g/mol. The summed E-state index contributed by atoms with van der Waals surface area (Å²) in [5, 5.41) is 0. The summed E-state index contributed by atoms with van der Waals surface area (Å²) in [7, 11) is 0. The van der Waals surface area contributed by atoms with Crippen molar-refractivity contribution in [3.8, 4) is 22.6 Å². The van der Waals surface area contributed by atoms with E-state index in [9.17, 15) is 4.79 Å². The third-order valence-electron chi connectivity index (χ3n) is 5.12. The average Bonchev–Trinajstić information content (AvgIpc) is 2.80. The molecule has 2 rings (SSSR count). The van der Waals surface area contributed by atoms with Gasteiger partial charge in [-0.25, -0.2) is 4.79 Å². The van der Waals surface area contributed by atoms with Gasteiger partial charge in [-0.3, -0.25) is 0 Å². The number of rotatable bonds is 15. The topological polar surface area (TPSA) is 44.8 Å². The highest BCUT2D eigenvalue weighted by Gasteiger charge is 2.13. The van der Waals surface area contributed by atoms with Crippen molar-refractivity contribution >= 4 is 5.97 Å². The van der Waals surface area contributed by atoms with Crippen molar-refractivity contribution in [2.45, 2.75) is 64.9 Å². The van der Waals surface area contributed by atoms with Gasteiger partial charge in [0.15, 0.2) is 0 Å². The summed E-state index contributed by atoms with van der Waals surface area (Å²) in [6, 6.07) is 16.1. The van der Waals surface area contributed by atoms with Crippen LogP contribution in [0.1, 0.15) is 58.8 Å². The van der Waals surface area contributed by atoms with Gasteiger partial charge in [-0.15, -0.1) is 0 Å². The van der Waals surface area contributed by atoms with Crippen LogP contribution < -0.4 is 9.47 Å². The Morgan fingerprint density at radius 3 is 2.12 bits per heavy atom. The van der Waals surface area contributed by atoms with E-state index in [-0.39, 0.29) is 12.1 Å². The predicted molar refractivity (Wildman–Crippen MR) is 131 cm³/mol. The molecular weight excluding hydrogens is 400 g/mol. The number of unbranched alkanes of at least 4 members (excludes halogenated alkanes) is 4. The lowest BCUT2D eigenvalue weighted by Gasteiger charge is -2.19. The molecule has 0 bridgehead atoms. The Bertz CT molecular complexity index is 843. The van der Waals surface area contributed by atoms with Crippen LogP contribution in [0.15, 0.2) is 60.7 Å². The van der Waals surface area contributed by atoms with Crippen LogP contribution in [0.4, 0.5) is 0 Å². The van der Waals surface area contributed by atoms with Crippen LogP contribution in [-0.2, 0) is 9.53 Å². The molecule has 4 nitrogen and oxygen atoms in total. The summed E-state index contributed by atoms with van der Waals surface area (Å²) < 4.78 is 17.4. The van der Waals surface area contributed by atoms with E-state index in [4.69, 9.17) is 14.2 Å². The Kier molecular flexibility index (Phi) is 11.4. The Hall–Kier alpha value is -2.75. The van der Waals surface area contributed by atoms with Crippen LogP contribution >= 0.6 is 0 Å². The summed E-state index contributed by atoms with van der Waals surface area (Å²) >= 11 is 0. The molecule has 0 saturated heterocycles. The molecule has 0 saturated carbocycles.